The Labute approximate surface area is 134 Å². The van der Waals surface area contributed by atoms with Crippen molar-refractivity contribution in [1.29, 1.82) is 0 Å². The van der Waals surface area contributed by atoms with E-state index in [0.29, 0.717) is 17.2 Å². The Morgan fingerprint density at radius 1 is 1.36 bits per heavy atom. The van der Waals surface area contributed by atoms with Crippen LogP contribution >= 0.6 is 11.3 Å². The summed E-state index contributed by atoms with van der Waals surface area (Å²) in [6.45, 7) is 6.35. The molecule has 0 radical (unpaired) electrons. The zero-order valence-corrected chi connectivity index (χ0v) is 14.1. The number of ether oxygens (including phenoxy) is 2. The molecular weight excluding hydrogens is 298 g/mol. The maximum atomic E-state index is 12.3. The lowest BCUT2D eigenvalue weighted by atomic mass is 10.0. The summed E-state index contributed by atoms with van der Waals surface area (Å²) in [7, 11) is 1.64. The van der Waals surface area contributed by atoms with Crippen molar-refractivity contribution >= 4 is 22.3 Å². The Morgan fingerprint density at radius 2 is 2.09 bits per heavy atom. The molecule has 0 fully saturated rings. The molecule has 0 aliphatic carbocycles. The van der Waals surface area contributed by atoms with Gasteiger partial charge in [-0.15, -0.1) is 11.3 Å². The van der Waals surface area contributed by atoms with Crippen molar-refractivity contribution in [1.82, 2.24) is 0 Å². The fourth-order valence-corrected chi connectivity index (χ4v) is 2.97. The quantitative estimate of drug-likeness (QED) is 0.842. The van der Waals surface area contributed by atoms with Gasteiger partial charge in [-0.3, -0.25) is 0 Å². The van der Waals surface area contributed by atoms with Crippen molar-refractivity contribution in [2.45, 2.75) is 20.8 Å². The highest BCUT2D eigenvalue weighted by atomic mass is 32.1. The molecule has 1 aromatic heterocycles. The van der Waals surface area contributed by atoms with Gasteiger partial charge in [0.2, 0.25) is 0 Å². The molecule has 2 aromatic rings. The van der Waals surface area contributed by atoms with E-state index < -0.39 is 0 Å². The van der Waals surface area contributed by atoms with Gasteiger partial charge in [-0.1, -0.05) is 19.9 Å². The van der Waals surface area contributed by atoms with Crippen LogP contribution in [0.3, 0.4) is 0 Å². The standard InChI is InChI=1S/C17H21NO3S/c1-10(2)8-21-17(19)15-13(9-22-16(15)18)12-5-6-14(20-4)11(3)7-12/h5-7,9-10H,8,18H2,1-4H3. The summed E-state index contributed by atoms with van der Waals surface area (Å²) in [6, 6.07) is 5.80. The van der Waals surface area contributed by atoms with Gasteiger partial charge in [0.15, 0.2) is 0 Å². The topological polar surface area (TPSA) is 61.5 Å². The molecule has 1 aromatic carbocycles. The molecule has 4 nitrogen and oxygen atoms in total. The van der Waals surface area contributed by atoms with E-state index in [1.165, 1.54) is 11.3 Å². The first-order chi connectivity index (χ1) is 10.4. The number of anilines is 1. The second-order valence-electron chi connectivity index (χ2n) is 5.57. The molecule has 1 heterocycles. The summed E-state index contributed by atoms with van der Waals surface area (Å²) in [5.74, 6) is 0.738. The smallest absolute Gasteiger partial charge is 0.341 e. The zero-order chi connectivity index (χ0) is 16.3. The van der Waals surface area contributed by atoms with Gasteiger partial charge in [0.1, 0.15) is 16.3 Å². The molecule has 0 saturated heterocycles. The number of aryl methyl sites for hydroxylation is 1. The van der Waals surface area contributed by atoms with Crippen LogP contribution in [0.1, 0.15) is 29.8 Å². The number of carbonyl (C=O) groups excluding carboxylic acids is 1. The van der Waals surface area contributed by atoms with Crippen LogP contribution in [0, 0.1) is 12.8 Å². The van der Waals surface area contributed by atoms with Crippen molar-refractivity contribution in [3.8, 4) is 16.9 Å². The van der Waals surface area contributed by atoms with Gasteiger partial charge in [-0.25, -0.2) is 4.79 Å². The van der Waals surface area contributed by atoms with Gasteiger partial charge in [0.05, 0.1) is 13.7 Å². The average Bonchev–Trinajstić information content (AvgIpc) is 2.86. The normalized spacial score (nSPS) is 10.8. The first kappa shape index (κ1) is 16.4. The maximum Gasteiger partial charge on any atom is 0.341 e. The number of thiophene rings is 1. The number of hydrogen-bond donors (Lipinski definition) is 1. The highest BCUT2D eigenvalue weighted by Crippen LogP contribution is 2.36. The summed E-state index contributed by atoms with van der Waals surface area (Å²) >= 11 is 1.35. The lowest BCUT2D eigenvalue weighted by molar-refractivity contribution is 0.0461. The molecule has 0 unspecified atom stereocenters. The lowest BCUT2D eigenvalue weighted by Gasteiger charge is -2.10. The van der Waals surface area contributed by atoms with Gasteiger partial charge < -0.3 is 15.2 Å². The third-order valence-corrected chi connectivity index (χ3v) is 4.09. The van der Waals surface area contributed by atoms with Crippen molar-refractivity contribution in [2.24, 2.45) is 5.92 Å². The van der Waals surface area contributed by atoms with Crippen molar-refractivity contribution in [2.75, 3.05) is 19.5 Å². The molecule has 0 aliphatic rings. The van der Waals surface area contributed by atoms with E-state index >= 15 is 0 Å². The third-order valence-electron chi connectivity index (χ3n) is 3.28. The molecule has 0 amide bonds. The SMILES string of the molecule is COc1ccc(-c2csc(N)c2C(=O)OCC(C)C)cc1C. The predicted octanol–water partition coefficient (Wildman–Crippen LogP) is 4.13. The molecule has 22 heavy (non-hydrogen) atoms. The van der Waals surface area contributed by atoms with Crippen LogP contribution in [-0.4, -0.2) is 19.7 Å². The summed E-state index contributed by atoms with van der Waals surface area (Å²) in [6.07, 6.45) is 0. The Bertz CT molecular complexity index is 677. The van der Waals surface area contributed by atoms with Crippen molar-refractivity contribution < 1.29 is 14.3 Å². The molecule has 118 valence electrons. The first-order valence-corrected chi connectivity index (χ1v) is 8.01. The summed E-state index contributed by atoms with van der Waals surface area (Å²) in [4.78, 5) is 12.3. The van der Waals surface area contributed by atoms with E-state index in [1.54, 1.807) is 7.11 Å². The fourth-order valence-electron chi connectivity index (χ4n) is 2.16. The lowest BCUT2D eigenvalue weighted by Crippen LogP contribution is -2.11. The molecule has 5 heteroatoms. The largest absolute Gasteiger partial charge is 0.496 e. The third kappa shape index (κ3) is 3.42. The first-order valence-electron chi connectivity index (χ1n) is 7.13. The van der Waals surface area contributed by atoms with Crippen molar-refractivity contribution in [3.63, 3.8) is 0 Å². The van der Waals surface area contributed by atoms with Crippen LogP contribution < -0.4 is 10.5 Å². The van der Waals surface area contributed by atoms with E-state index in [-0.39, 0.29) is 11.9 Å². The summed E-state index contributed by atoms with van der Waals surface area (Å²) in [5, 5.41) is 2.37. The molecule has 0 saturated carbocycles. The van der Waals surface area contributed by atoms with Crippen LogP contribution in [-0.2, 0) is 4.74 Å². The van der Waals surface area contributed by atoms with Gasteiger partial charge in [-0.2, -0.15) is 0 Å². The van der Waals surface area contributed by atoms with Crippen LogP contribution in [0.15, 0.2) is 23.6 Å². The van der Waals surface area contributed by atoms with E-state index in [4.69, 9.17) is 15.2 Å². The van der Waals surface area contributed by atoms with Gasteiger partial charge in [0.25, 0.3) is 0 Å². The number of carbonyl (C=O) groups is 1. The number of esters is 1. The number of methoxy groups -OCH3 is 1. The number of benzene rings is 1. The fraction of sp³-hybridized carbons (Fsp3) is 0.353. The average molecular weight is 319 g/mol. The second kappa shape index (κ2) is 6.83. The Balaban J connectivity index is 2.37. The van der Waals surface area contributed by atoms with Gasteiger partial charge in [-0.05, 0) is 36.1 Å². The van der Waals surface area contributed by atoms with Gasteiger partial charge in [0, 0.05) is 10.9 Å². The number of rotatable bonds is 5. The summed E-state index contributed by atoms with van der Waals surface area (Å²) < 4.78 is 10.6. The maximum absolute atomic E-state index is 12.3. The highest BCUT2D eigenvalue weighted by molar-refractivity contribution is 7.14. The highest BCUT2D eigenvalue weighted by Gasteiger charge is 2.20. The molecule has 0 aliphatic heterocycles. The monoisotopic (exact) mass is 319 g/mol. The van der Waals surface area contributed by atoms with Crippen molar-refractivity contribution in [3.05, 3.63) is 34.7 Å². The number of nitrogen functional groups attached to an aromatic ring is 1. The Hall–Kier alpha value is -2.01. The second-order valence-corrected chi connectivity index (χ2v) is 6.48. The van der Waals surface area contributed by atoms with E-state index in [9.17, 15) is 4.79 Å². The van der Waals surface area contributed by atoms with Crippen LogP contribution in [0.25, 0.3) is 11.1 Å². The minimum absolute atomic E-state index is 0.287. The molecule has 0 spiro atoms. The molecule has 2 rings (SSSR count). The van der Waals surface area contributed by atoms with Crippen LogP contribution in [0.4, 0.5) is 5.00 Å². The molecule has 0 bridgehead atoms. The molecule has 0 atom stereocenters. The van der Waals surface area contributed by atoms with E-state index in [2.05, 4.69) is 0 Å². The predicted molar refractivity (Wildman–Crippen MR) is 90.6 cm³/mol. The minimum Gasteiger partial charge on any atom is -0.496 e. The minimum atomic E-state index is -0.365. The molecular formula is C17H21NO3S. The van der Waals surface area contributed by atoms with E-state index in [0.717, 1.165) is 22.4 Å². The van der Waals surface area contributed by atoms with E-state index in [1.807, 2.05) is 44.4 Å². The Morgan fingerprint density at radius 3 is 2.68 bits per heavy atom. The number of hydrogen-bond acceptors (Lipinski definition) is 5. The zero-order valence-electron chi connectivity index (χ0n) is 13.3. The number of nitrogens with two attached hydrogens (primary N) is 1. The van der Waals surface area contributed by atoms with Crippen LogP contribution in [0.2, 0.25) is 0 Å². The van der Waals surface area contributed by atoms with Gasteiger partial charge >= 0.3 is 5.97 Å². The summed E-state index contributed by atoms with van der Waals surface area (Å²) in [5.41, 5.74) is 9.17. The van der Waals surface area contributed by atoms with Crippen LogP contribution in [0.5, 0.6) is 5.75 Å². The molecule has 2 N–H and O–H groups in total. The Kier molecular flexibility index (Phi) is 5.08.